The van der Waals surface area contributed by atoms with Crippen LogP contribution in [0.15, 0.2) is 24.3 Å². The fourth-order valence-corrected chi connectivity index (χ4v) is 2.29. The molecule has 21 heavy (non-hydrogen) atoms. The van der Waals surface area contributed by atoms with Crippen LogP contribution in [0.4, 0.5) is 4.39 Å². The van der Waals surface area contributed by atoms with Gasteiger partial charge in [-0.3, -0.25) is 4.79 Å². The second-order valence-electron chi connectivity index (χ2n) is 4.59. The molecular weight excluding hydrogens is 297 g/mol. The second kappa shape index (κ2) is 6.24. The number of aryl methyl sites for hydroxylation is 1. The van der Waals surface area contributed by atoms with Crippen LogP contribution in [0.2, 0.25) is 5.15 Å². The molecule has 1 N–H and O–H groups in total. The van der Waals surface area contributed by atoms with Crippen LogP contribution in [0.25, 0.3) is 5.69 Å². The molecule has 0 atom stereocenters. The first-order valence-electron chi connectivity index (χ1n) is 6.33. The Morgan fingerprint density at radius 3 is 2.62 bits per heavy atom. The Bertz CT molecular complexity index is 655. The van der Waals surface area contributed by atoms with Crippen molar-refractivity contribution in [2.45, 2.75) is 6.92 Å². The Balaban J connectivity index is 2.42. The van der Waals surface area contributed by atoms with E-state index in [1.165, 1.54) is 33.8 Å². The van der Waals surface area contributed by atoms with Crippen LogP contribution < -0.4 is 0 Å². The van der Waals surface area contributed by atoms with Gasteiger partial charge in [0.05, 0.1) is 23.6 Å². The lowest BCUT2D eigenvalue weighted by Gasteiger charge is -2.15. The summed E-state index contributed by atoms with van der Waals surface area (Å²) in [7, 11) is 1.57. The maximum atomic E-state index is 13.0. The second-order valence-corrected chi connectivity index (χ2v) is 4.95. The van der Waals surface area contributed by atoms with Crippen LogP contribution in [-0.2, 0) is 0 Å². The average Bonchev–Trinajstić information content (AvgIpc) is 2.74. The van der Waals surface area contributed by atoms with E-state index in [2.05, 4.69) is 5.10 Å². The summed E-state index contributed by atoms with van der Waals surface area (Å²) in [6.45, 7) is 1.74. The number of carbonyl (C=O) groups excluding carboxylic acids is 1. The van der Waals surface area contributed by atoms with Gasteiger partial charge in [-0.1, -0.05) is 11.6 Å². The highest BCUT2D eigenvalue weighted by molar-refractivity contribution is 6.33. The van der Waals surface area contributed by atoms with Crippen LogP contribution in [0.5, 0.6) is 0 Å². The normalized spacial score (nSPS) is 10.7. The highest BCUT2D eigenvalue weighted by atomic mass is 35.5. The van der Waals surface area contributed by atoms with Gasteiger partial charge >= 0.3 is 0 Å². The molecule has 7 heteroatoms. The van der Waals surface area contributed by atoms with Crippen LogP contribution in [0, 0.1) is 12.7 Å². The van der Waals surface area contributed by atoms with Gasteiger partial charge in [-0.25, -0.2) is 9.07 Å². The van der Waals surface area contributed by atoms with E-state index in [1.54, 1.807) is 14.0 Å². The van der Waals surface area contributed by atoms with Gasteiger partial charge in [0.1, 0.15) is 11.0 Å². The fraction of sp³-hybridized carbons (Fsp3) is 0.286. The third-order valence-corrected chi connectivity index (χ3v) is 3.42. The van der Waals surface area contributed by atoms with Crippen molar-refractivity contribution in [2.24, 2.45) is 0 Å². The monoisotopic (exact) mass is 311 g/mol. The SMILES string of the molecule is Cc1nn(-c2ccc(F)cc2)c(Cl)c1C(=O)N(C)CCO. The molecule has 0 spiro atoms. The van der Waals surface area contributed by atoms with Crippen LogP contribution >= 0.6 is 11.6 Å². The molecule has 1 aromatic heterocycles. The van der Waals surface area contributed by atoms with Gasteiger partial charge in [-0.2, -0.15) is 5.10 Å². The zero-order valence-electron chi connectivity index (χ0n) is 11.7. The van der Waals surface area contributed by atoms with Crippen molar-refractivity contribution in [1.29, 1.82) is 0 Å². The van der Waals surface area contributed by atoms with Crippen molar-refractivity contribution in [3.8, 4) is 5.69 Å². The molecule has 0 aliphatic rings. The van der Waals surface area contributed by atoms with Gasteiger partial charge in [0.15, 0.2) is 0 Å². The summed E-state index contributed by atoms with van der Waals surface area (Å²) in [5.41, 5.74) is 1.31. The zero-order valence-corrected chi connectivity index (χ0v) is 12.4. The van der Waals surface area contributed by atoms with E-state index >= 15 is 0 Å². The number of aliphatic hydroxyl groups excluding tert-OH is 1. The number of hydrogen-bond donors (Lipinski definition) is 1. The Kier molecular flexibility index (Phi) is 4.59. The number of nitrogens with zero attached hydrogens (tertiary/aromatic N) is 3. The summed E-state index contributed by atoms with van der Waals surface area (Å²) < 4.78 is 14.3. The molecule has 2 aromatic rings. The smallest absolute Gasteiger partial charge is 0.258 e. The van der Waals surface area contributed by atoms with E-state index in [1.807, 2.05) is 0 Å². The minimum absolute atomic E-state index is 0.134. The topological polar surface area (TPSA) is 58.4 Å². The highest BCUT2D eigenvalue weighted by Crippen LogP contribution is 2.24. The van der Waals surface area contributed by atoms with Crippen molar-refractivity contribution in [1.82, 2.24) is 14.7 Å². The molecule has 2 rings (SSSR count). The van der Waals surface area contributed by atoms with Crippen molar-refractivity contribution in [3.05, 3.63) is 46.5 Å². The molecule has 5 nitrogen and oxygen atoms in total. The lowest BCUT2D eigenvalue weighted by molar-refractivity contribution is 0.0766. The number of amides is 1. The molecule has 0 bridgehead atoms. The first-order valence-corrected chi connectivity index (χ1v) is 6.71. The van der Waals surface area contributed by atoms with Crippen LogP contribution in [0.3, 0.4) is 0 Å². The maximum absolute atomic E-state index is 13.0. The Hall–Kier alpha value is -1.92. The first kappa shape index (κ1) is 15.5. The Morgan fingerprint density at radius 1 is 1.43 bits per heavy atom. The van der Waals surface area contributed by atoms with E-state index in [-0.39, 0.29) is 35.6 Å². The lowest BCUT2D eigenvalue weighted by atomic mass is 10.2. The fourth-order valence-electron chi connectivity index (χ4n) is 1.94. The number of benzene rings is 1. The van der Waals surface area contributed by atoms with E-state index in [9.17, 15) is 9.18 Å². The van der Waals surface area contributed by atoms with E-state index in [0.29, 0.717) is 11.4 Å². The molecule has 1 amide bonds. The molecule has 0 saturated carbocycles. The van der Waals surface area contributed by atoms with Crippen molar-refractivity contribution in [2.75, 3.05) is 20.2 Å². The standard InChI is InChI=1S/C14H15ClFN3O2/c1-9-12(14(21)18(2)7-8-20)13(15)19(17-9)11-5-3-10(16)4-6-11/h3-6,20H,7-8H2,1-2H3. The molecule has 0 unspecified atom stereocenters. The molecular formula is C14H15ClFN3O2. The molecule has 1 aromatic carbocycles. The molecule has 0 aliphatic carbocycles. The summed E-state index contributed by atoms with van der Waals surface area (Å²) >= 11 is 6.24. The van der Waals surface area contributed by atoms with Crippen molar-refractivity contribution >= 4 is 17.5 Å². The predicted octanol–water partition coefficient (Wildman–Crippen LogP) is 2.04. The lowest BCUT2D eigenvalue weighted by Crippen LogP contribution is -2.29. The van der Waals surface area contributed by atoms with Crippen LogP contribution in [-0.4, -0.2) is 45.9 Å². The van der Waals surface area contributed by atoms with E-state index in [4.69, 9.17) is 16.7 Å². The van der Waals surface area contributed by atoms with Gasteiger partial charge in [0.25, 0.3) is 5.91 Å². The van der Waals surface area contributed by atoms with Gasteiger partial charge in [0.2, 0.25) is 0 Å². The maximum Gasteiger partial charge on any atom is 0.258 e. The first-order chi connectivity index (χ1) is 9.95. The number of rotatable bonds is 4. The number of aromatic nitrogens is 2. The quantitative estimate of drug-likeness (QED) is 0.940. The Labute approximate surface area is 126 Å². The largest absolute Gasteiger partial charge is 0.395 e. The molecule has 0 aliphatic heterocycles. The Morgan fingerprint density at radius 2 is 2.05 bits per heavy atom. The summed E-state index contributed by atoms with van der Waals surface area (Å²) in [4.78, 5) is 13.7. The third kappa shape index (κ3) is 3.06. The summed E-state index contributed by atoms with van der Waals surface area (Å²) in [5.74, 6) is -0.683. The van der Waals surface area contributed by atoms with E-state index in [0.717, 1.165) is 0 Å². The van der Waals surface area contributed by atoms with Gasteiger partial charge < -0.3 is 10.0 Å². The predicted molar refractivity (Wildman–Crippen MR) is 77.3 cm³/mol. The van der Waals surface area contributed by atoms with Crippen molar-refractivity contribution < 1.29 is 14.3 Å². The average molecular weight is 312 g/mol. The van der Waals surface area contributed by atoms with Gasteiger partial charge in [0, 0.05) is 13.6 Å². The minimum atomic E-state index is -0.363. The molecule has 0 radical (unpaired) electrons. The third-order valence-electron chi connectivity index (χ3n) is 3.07. The van der Waals surface area contributed by atoms with Crippen LogP contribution in [0.1, 0.15) is 16.1 Å². The number of hydrogen-bond acceptors (Lipinski definition) is 3. The number of halogens is 2. The molecule has 1 heterocycles. The summed E-state index contributed by atoms with van der Waals surface area (Å²) in [5, 5.41) is 13.3. The minimum Gasteiger partial charge on any atom is -0.395 e. The van der Waals surface area contributed by atoms with Gasteiger partial charge in [-0.05, 0) is 31.2 Å². The van der Waals surface area contributed by atoms with Crippen molar-refractivity contribution in [3.63, 3.8) is 0 Å². The highest BCUT2D eigenvalue weighted by Gasteiger charge is 2.23. The zero-order chi connectivity index (χ0) is 15.6. The molecule has 0 fully saturated rings. The number of aliphatic hydroxyl groups is 1. The molecule has 0 saturated heterocycles. The van der Waals surface area contributed by atoms with Gasteiger partial charge in [-0.15, -0.1) is 0 Å². The summed E-state index contributed by atoms with van der Waals surface area (Å²) in [6.07, 6.45) is 0. The number of carbonyl (C=O) groups is 1. The summed E-state index contributed by atoms with van der Waals surface area (Å²) in [6, 6.07) is 5.64. The number of likely N-dealkylation sites (N-methyl/N-ethyl adjacent to an activating group) is 1. The molecule has 112 valence electrons. The van der Waals surface area contributed by atoms with E-state index < -0.39 is 0 Å².